The van der Waals surface area contributed by atoms with E-state index < -0.39 is 6.16 Å². The fourth-order valence-electron chi connectivity index (χ4n) is 0.465. The van der Waals surface area contributed by atoms with Gasteiger partial charge in [0.15, 0.2) is 0 Å². The van der Waals surface area contributed by atoms with Crippen LogP contribution in [-0.2, 0) is 0 Å². The van der Waals surface area contributed by atoms with E-state index in [4.69, 9.17) is 26.5 Å². The van der Waals surface area contributed by atoms with Gasteiger partial charge in [0.2, 0.25) is 0 Å². The number of unbranched alkanes of at least 4 members (excludes halogenated alkanes) is 2. The summed E-state index contributed by atoms with van der Waals surface area (Å²) in [6.07, 6.45) is 1.60. The highest BCUT2D eigenvalue weighted by Crippen LogP contribution is 1.88. The van der Waals surface area contributed by atoms with Crippen LogP contribution in [0.3, 0.4) is 0 Å². The number of nitrogens with two attached hydrogens (primary N) is 2. The zero-order chi connectivity index (χ0) is 9.11. The monoisotopic (exact) mass is 164 g/mol. The van der Waals surface area contributed by atoms with E-state index in [-0.39, 0.29) is 0 Å². The Hall–Kier alpha value is -0.810. The van der Waals surface area contributed by atoms with E-state index in [1.54, 1.807) is 0 Å². The van der Waals surface area contributed by atoms with Gasteiger partial charge in [0.1, 0.15) is 0 Å². The summed E-state index contributed by atoms with van der Waals surface area (Å²) in [6, 6.07) is 0. The van der Waals surface area contributed by atoms with E-state index in [9.17, 15) is 0 Å². The van der Waals surface area contributed by atoms with Crippen molar-refractivity contribution in [2.24, 2.45) is 11.5 Å². The molecule has 0 aromatic carbocycles. The third kappa shape index (κ3) is 46.7. The van der Waals surface area contributed by atoms with E-state index >= 15 is 0 Å². The Bertz CT molecular complexity index is 79.9. The summed E-state index contributed by atoms with van der Waals surface area (Å²) in [5.74, 6) is 0. The lowest BCUT2D eigenvalue weighted by molar-refractivity contribution is 0.137. The summed E-state index contributed by atoms with van der Waals surface area (Å²) < 4.78 is 0. The number of carboxylic acid groups (broad SMARTS) is 2. The molecule has 0 unspecified atom stereocenters. The molecular weight excluding hydrogens is 148 g/mol. The maximum Gasteiger partial charge on any atom is 0.503 e. The molecule has 0 aromatic heterocycles. The topological polar surface area (TPSA) is 110 Å². The van der Waals surface area contributed by atoms with Crippen molar-refractivity contribution in [3.8, 4) is 0 Å². The summed E-state index contributed by atoms with van der Waals surface area (Å²) in [5, 5.41) is 13.9. The quantitative estimate of drug-likeness (QED) is 0.446. The fraction of sp³-hybridized carbons (Fsp3) is 0.833. The number of hydrogen-bond donors (Lipinski definition) is 4. The lowest BCUT2D eigenvalue weighted by Crippen LogP contribution is -2.02. The maximum atomic E-state index is 8.56. The molecule has 0 spiro atoms. The molecule has 0 aliphatic carbocycles. The average molecular weight is 164 g/mol. The van der Waals surface area contributed by atoms with Gasteiger partial charge in [-0.1, -0.05) is 6.42 Å². The number of hydrogen-bond acceptors (Lipinski definition) is 3. The van der Waals surface area contributed by atoms with Crippen LogP contribution < -0.4 is 11.5 Å². The Kier molecular flexibility index (Phi) is 13.9. The van der Waals surface area contributed by atoms with Crippen molar-refractivity contribution >= 4 is 6.16 Å². The molecule has 0 rings (SSSR count). The molecular formula is C6H16N2O3. The predicted molar refractivity (Wildman–Crippen MR) is 42.6 cm³/mol. The second kappa shape index (κ2) is 11.9. The molecule has 5 nitrogen and oxygen atoms in total. The fourth-order valence-corrected chi connectivity index (χ4v) is 0.465. The van der Waals surface area contributed by atoms with Gasteiger partial charge in [-0.15, -0.1) is 0 Å². The van der Waals surface area contributed by atoms with Crippen molar-refractivity contribution in [2.45, 2.75) is 19.3 Å². The van der Waals surface area contributed by atoms with Crippen LogP contribution in [0.25, 0.3) is 0 Å². The van der Waals surface area contributed by atoms with Gasteiger partial charge in [0.05, 0.1) is 0 Å². The molecule has 0 saturated carbocycles. The molecule has 6 N–H and O–H groups in total. The van der Waals surface area contributed by atoms with Crippen LogP contribution >= 0.6 is 0 Å². The third-order valence-corrected chi connectivity index (χ3v) is 0.908. The highest BCUT2D eigenvalue weighted by Gasteiger charge is 1.80. The minimum atomic E-state index is -1.83. The standard InChI is InChI=1S/C5H14N2.CH2O3/c6-4-2-1-3-5-7;2-1(3)4/h1-7H2;(H2,2,3,4). The molecule has 0 bridgehead atoms. The van der Waals surface area contributed by atoms with Gasteiger partial charge in [-0.25, -0.2) is 4.79 Å². The molecule has 0 atom stereocenters. The molecule has 11 heavy (non-hydrogen) atoms. The molecule has 68 valence electrons. The Morgan fingerprint density at radius 1 is 1.00 bits per heavy atom. The lowest BCUT2D eigenvalue weighted by Gasteiger charge is -1.91. The average Bonchev–Trinajstić information content (AvgIpc) is 1.88. The minimum absolute atomic E-state index is 0.806. The summed E-state index contributed by atoms with van der Waals surface area (Å²) in [4.78, 5) is 8.56. The second-order valence-corrected chi connectivity index (χ2v) is 1.92. The Morgan fingerprint density at radius 2 is 1.27 bits per heavy atom. The van der Waals surface area contributed by atoms with E-state index in [0.717, 1.165) is 25.9 Å². The van der Waals surface area contributed by atoms with Crippen molar-refractivity contribution in [1.82, 2.24) is 0 Å². The van der Waals surface area contributed by atoms with Gasteiger partial charge in [0.25, 0.3) is 0 Å². The first kappa shape index (κ1) is 12.8. The molecule has 0 heterocycles. The molecule has 0 aliphatic rings. The van der Waals surface area contributed by atoms with Crippen molar-refractivity contribution in [3.63, 3.8) is 0 Å². The van der Waals surface area contributed by atoms with Crippen LogP contribution in [-0.4, -0.2) is 29.5 Å². The highest BCUT2D eigenvalue weighted by atomic mass is 16.6. The van der Waals surface area contributed by atoms with Gasteiger partial charge in [-0.05, 0) is 25.9 Å². The normalized spacial score (nSPS) is 8.18. The summed E-state index contributed by atoms with van der Waals surface area (Å²) in [6.45, 7) is 1.61. The van der Waals surface area contributed by atoms with Crippen LogP contribution in [0.2, 0.25) is 0 Å². The summed E-state index contributed by atoms with van der Waals surface area (Å²) >= 11 is 0. The molecule has 0 radical (unpaired) electrons. The van der Waals surface area contributed by atoms with Crippen molar-refractivity contribution in [1.29, 1.82) is 0 Å². The smallest absolute Gasteiger partial charge is 0.450 e. The first-order valence-electron chi connectivity index (χ1n) is 3.47. The predicted octanol–water partition coefficient (Wildman–Crippen LogP) is 0.297. The van der Waals surface area contributed by atoms with Crippen LogP contribution in [0.5, 0.6) is 0 Å². The van der Waals surface area contributed by atoms with Crippen LogP contribution in [0.1, 0.15) is 19.3 Å². The lowest BCUT2D eigenvalue weighted by atomic mass is 10.2. The van der Waals surface area contributed by atoms with Crippen molar-refractivity contribution in [2.75, 3.05) is 13.1 Å². The van der Waals surface area contributed by atoms with Crippen LogP contribution in [0, 0.1) is 0 Å². The van der Waals surface area contributed by atoms with Gasteiger partial charge in [-0.3, -0.25) is 0 Å². The Labute approximate surface area is 66.0 Å². The largest absolute Gasteiger partial charge is 0.503 e. The van der Waals surface area contributed by atoms with E-state index in [0.29, 0.717) is 0 Å². The molecule has 0 fully saturated rings. The van der Waals surface area contributed by atoms with Gasteiger partial charge in [0, 0.05) is 0 Å². The van der Waals surface area contributed by atoms with Crippen molar-refractivity contribution < 1.29 is 15.0 Å². The van der Waals surface area contributed by atoms with Crippen LogP contribution in [0.15, 0.2) is 0 Å². The van der Waals surface area contributed by atoms with Crippen LogP contribution in [0.4, 0.5) is 4.79 Å². The first-order valence-corrected chi connectivity index (χ1v) is 3.47. The number of rotatable bonds is 4. The molecule has 0 aromatic rings. The number of carbonyl (C=O) groups is 1. The van der Waals surface area contributed by atoms with Crippen molar-refractivity contribution in [3.05, 3.63) is 0 Å². The van der Waals surface area contributed by atoms with Gasteiger partial charge in [-0.2, -0.15) is 0 Å². The second-order valence-electron chi connectivity index (χ2n) is 1.92. The van der Waals surface area contributed by atoms with E-state index in [1.807, 2.05) is 0 Å². The van der Waals surface area contributed by atoms with Gasteiger partial charge >= 0.3 is 6.16 Å². The Morgan fingerprint density at radius 3 is 1.45 bits per heavy atom. The van der Waals surface area contributed by atoms with Gasteiger partial charge < -0.3 is 21.7 Å². The molecule has 0 saturated heterocycles. The zero-order valence-corrected chi connectivity index (χ0v) is 6.49. The molecule has 0 amide bonds. The summed E-state index contributed by atoms with van der Waals surface area (Å²) in [7, 11) is 0. The maximum absolute atomic E-state index is 8.56. The third-order valence-electron chi connectivity index (χ3n) is 0.908. The first-order chi connectivity index (χ1) is 5.15. The molecule has 5 heteroatoms. The highest BCUT2D eigenvalue weighted by molar-refractivity contribution is 5.53. The Balaban J connectivity index is 0. The van der Waals surface area contributed by atoms with E-state index in [1.165, 1.54) is 6.42 Å². The zero-order valence-electron chi connectivity index (χ0n) is 6.49. The summed E-state index contributed by atoms with van der Waals surface area (Å²) in [5.41, 5.74) is 10.5. The SMILES string of the molecule is NCCCCCN.O=C(O)O. The van der Waals surface area contributed by atoms with E-state index in [2.05, 4.69) is 0 Å². The molecule has 0 aliphatic heterocycles. The minimum Gasteiger partial charge on any atom is -0.450 e.